The second-order valence-corrected chi connectivity index (χ2v) is 4.17. The molecule has 1 aliphatic rings. The Morgan fingerprint density at radius 3 is 2.86 bits per heavy atom. The van der Waals surface area contributed by atoms with E-state index in [9.17, 15) is 0 Å². The van der Waals surface area contributed by atoms with Gasteiger partial charge in [-0.25, -0.2) is 0 Å². The van der Waals surface area contributed by atoms with Crippen LogP contribution in [0.2, 0.25) is 0 Å². The van der Waals surface area contributed by atoms with Crippen molar-refractivity contribution in [3.8, 4) is 0 Å². The third-order valence-corrected chi connectivity index (χ3v) is 3.07. The summed E-state index contributed by atoms with van der Waals surface area (Å²) in [4.78, 5) is 4.41. The molecule has 0 saturated carbocycles. The third-order valence-electron chi connectivity index (χ3n) is 3.07. The zero-order valence-corrected chi connectivity index (χ0v) is 9.01. The van der Waals surface area contributed by atoms with Gasteiger partial charge in [-0.1, -0.05) is 12.5 Å². The highest BCUT2D eigenvalue weighted by Crippen LogP contribution is 2.23. The number of aromatic nitrogens is 1. The molecule has 2 nitrogen and oxygen atoms in total. The number of nitrogens with zero attached hydrogens (tertiary/aromatic N) is 1. The summed E-state index contributed by atoms with van der Waals surface area (Å²) in [5.74, 6) is 0. The molecule has 1 atom stereocenters. The molecule has 0 spiro atoms. The Hall–Kier alpha value is -0.890. The van der Waals surface area contributed by atoms with Gasteiger partial charge < -0.3 is 5.32 Å². The maximum absolute atomic E-state index is 4.41. The van der Waals surface area contributed by atoms with Gasteiger partial charge in [0.25, 0.3) is 0 Å². The van der Waals surface area contributed by atoms with Crippen molar-refractivity contribution >= 4 is 0 Å². The van der Waals surface area contributed by atoms with Crippen molar-refractivity contribution in [2.75, 3.05) is 6.54 Å². The van der Waals surface area contributed by atoms with Gasteiger partial charge >= 0.3 is 0 Å². The van der Waals surface area contributed by atoms with Gasteiger partial charge in [-0.2, -0.15) is 0 Å². The van der Waals surface area contributed by atoms with Crippen LogP contribution in [0.4, 0.5) is 0 Å². The highest BCUT2D eigenvalue weighted by atomic mass is 14.9. The van der Waals surface area contributed by atoms with Crippen molar-refractivity contribution in [2.24, 2.45) is 0 Å². The van der Waals surface area contributed by atoms with Crippen LogP contribution in [-0.2, 0) is 0 Å². The molecule has 1 aromatic rings. The Morgan fingerprint density at radius 2 is 2.21 bits per heavy atom. The summed E-state index contributed by atoms with van der Waals surface area (Å²) in [5.41, 5.74) is 3.80. The topological polar surface area (TPSA) is 24.9 Å². The van der Waals surface area contributed by atoms with E-state index in [0.717, 1.165) is 12.2 Å². The lowest BCUT2D eigenvalue weighted by atomic mass is 9.97. The predicted octanol–water partition coefficient (Wildman–Crippen LogP) is 2.51. The Balaban J connectivity index is 2.18. The van der Waals surface area contributed by atoms with Gasteiger partial charge in [-0.3, -0.25) is 4.98 Å². The van der Waals surface area contributed by atoms with E-state index in [-0.39, 0.29) is 0 Å². The van der Waals surface area contributed by atoms with Crippen molar-refractivity contribution in [1.29, 1.82) is 0 Å². The minimum Gasteiger partial charge on any atom is -0.310 e. The molecule has 1 unspecified atom stereocenters. The van der Waals surface area contributed by atoms with Crippen LogP contribution < -0.4 is 5.32 Å². The van der Waals surface area contributed by atoms with Gasteiger partial charge in [0.05, 0.1) is 0 Å². The first-order valence-electron chi connectivity index (χ1n) is 5.44. The minimum atomic E-state index is 0.538. The average Bonchev–Trinajstić information content (AvgIpc) is 2.23. The molecule has 1 saturated heterocycles. The fraction of sp³-hybridized carbons (Fsp3) is 0.583. The lowest BCUT2D eigenvalue weighted by Gasteiger charge is -2.23. The van der Waals surface area contributed by atoms with Crippen LogP contribution in [0.1, 0.15) is 42.1 Å². The van der Waals surface area contributed by atoms with Crippen molar-refractivity contribution in [1.82, 2.24) is 10.3 Å². The molecule has 0 aliphatic carbocycles. The highest BCUT2D eigenvalue weighted by molar-refractivity contribution is 5.25. The summed E-state index contributed by atoms with van der Waals surface area (Å²) in [7, 11) is 0. The zero-order valence-electron chi connectivity index (χ0n) is 9.01. The summed E-state index contributed by atoms with van der Waals surface area (Å²) in [6.07, 6.45) is 5.93. The van der Waals surface area contributed by atoms with Crippen molar-refractivity contribution in [3.05, 3.63) is 29.1 Å². The summed E-state index contributed by atoms with van der Waals surface area (Å²) < 4.78 is 0. The number of rotatable bonds is 1. The third kappa shape index (κ3) is 1.95. The molecule has 76 valence electrons. The van der Waals surface area contributed by atoms with Crippen LogP contribution in [0.25, 0.3) is 0 Å². The van der Waals surface area contributed by atoms with E-state index in [0.29, 0.717) is 6.04 Å². The fourth-order valence-corrected chi connectivity index (χ4v) is 1.99. The molecule has 0 bridgehead atoms. The monoisotopic (exact) mass is 190 g/mol. The first kappa shape index (κ1) is 9.66. The first-order valence-corrected chi connectivity index (χ1v) is 5.44. The number of nitrogens with one attached hydrogen (secondary N) is 1. The highest BCUT2D eigenvalue weighted by Gasteiger charge is 2.14. The molecule has 0 aromatic carbocycles. The lowest BCUT2D eigenvalue weighted by molar-refractivity contribution is 0.411. The Morgan fingerprint density at radius 1 is 1.36 bits per heavy atom. The van der Waals surface area contributed by atoms with Gasteiger partial charge in [0, 0.05) is 17.9 Å². The molecular weight excluding hydrogens is 172 g/mol. The Labute approximate surface area is 85.7 Å². The molecule has 1 N–H and O–H groups in total. The number of hydrogen-bond donors (Lipinski definition) is 1. The quantitative estimate of drug-likeness (QED) is 0.736. The second-order valence-electron chi connectivity index (χ2n) is 4.17. The molecule has 14 heavy (non-hydrogen) atoms. The summed E-state index contributed by atoms with van der Waals surface area (Å²) in [5, 5.41) is 3.54. The molecule has 1 fully saturated rings. The van der Waals surface area contributed by atoms with E-state index in [1.54, 1.807) is 0 Å². The van der Waals surface area contributed by atoms with Crippen molar-refractivity contribution < 1.29 is 0 Å². The van der Waals surface area contributed by atoms with Gasteiger partial charge in [-0.05, 0) is 44.4 Å². The van der Waals surface area contributed by atoms with E-state index < -0.39 is 0 Å². The minimum absolute atomic E-state index is 0.538. The molecular formula is C12H18N2. The Kier molecular flexibility index (Phi) is 2.82. The maximum atomic E-state index is 4.41. The van der Waals surface area contributed by atoms with Crippen LogP contribution in [0.5, 0.6) is 0 Å². The number of pyridine rings is 1. The standard InChI is InChI=1S/C12H18N2/c1-9-7-11(8-14-10(9)2)12-5-3-4-6-13-12/h7-8,12-13H,3-6H2,1-2H3. The van der Waals surface area contributed by atoms with Crippen LogP contribution in [-0.4, -0.2) is 11.5 Å². The fourth-order valence-electron chi connectivity index (χ4n) is 1.99. The summed E-state index contributed by atoms with van der Waals surface area (Å²) >= 11 is 0. The zero-order chi connectivity index (χ0) is 9.97. The first-order chi connectivity index (χ1) is 6.77. The normalized spacial score (nSPS) is 22.3. The average molecular weight is 190 g/mol. The Bertz CT molecular complexity index is 314. The number of aryl methyl sites for hydroxylation is 2. The van der Waals surface area contributed by atoms with Gasteiger partial charge in [0.1, 0.15) is 0 Å². The smallest absolute Gasteiger partial charge is 0.0402 e. The van der Waals surface area contributed by atoms with E-state index in [2.05, 4.69) is 30.2 Å². The van der Waals surface area contributed by atoms with Crippen molar-refractivity contribution in [2.45, 2.75) is 39.2 Å². The van der Waals surface area contributed by atoms with Crippen molar-refractivity contribution in [3.63, 3.8) is 0 Å². The van der Waals surface area contributed by atoms with E-state index in [1.165, 1.54) is 30.4 Å². The number of hydrogen-bond acceptors (Lipinski definition) is 2. The molecule has 2 heterocycles. The van der Waals surface area contributed by atoms with E-state index in [4.69, 9.17) is 0 Å². The largest absolute Gasteiger partial charge is 0.310 e. The van der Waals surface area contributed by atoms with Crippen LogP contribution in [0, 0.1) is 13.8 Å². The van der Waals surface area contributed by atoms with E-state index in [1.807, 2.05) is 6.20 Å². The summed E-state index contributed by atoms with van der Waals surface area (Å²) in [6, 6.07) is 2.81. The maximum Gasteiger partial charge on any atom is 0.0402 e. The second kappa shape index (κ2) is 4.09. The van der Waals surface area contributed by atoms with Gasteiger partial charge in [0.15, 0.2) is 0 Å². The molecule has 1 aliphatic heterocycles. The molecule has 2 rings (SSSR count). The van der Waals surface area contributed by atoms with Gasteiger partial charge in [-0.15, -0.1) is 0 Å². The SMILES string of the molecule is Cc1cc(C2CCCCN2)cnc1C. The molecule has 1 aromatic heterocycles. The van der Waals surface area contributed by atoms with Crippen LogP contribution in [0.3, 0.4) is 0 Å². The van der Waals surface area contributed by atoms with Gasteiger partial charge in [0.2, 0.25) is 0 Å². The van der Waals surface area contributed by atoms with E-state index >= 15 is 0 Å². The lowest BCUT2D eigenvalue weighted by Crippen LogP contribution is -2.26. The number of piperidine rings is 1. The molecule has 0 radical (unpaired) electrons. The summed E-state index contributed by atoms with van der Waals surface area (Å²) in [6.45, 7) is 5.35. The van der Waals surface area contributed by atoms with Crippen LogP contribution >= 0.6 is 0 Å². The molecule has 2 heteroatoms. The predicted molar refractivity (Wildman–Crippen MR) is 58.3 cm³/mol. The molecule has 0 amide bonds. The van der Waals surface area contributed by atoms with Crippen LogP contribution in [0.15, 0.2) is 12.3 Å².